The van der Waals surface area contributed by atoms with E-state index in [1.807, 2.05) is 11.4 Å². The summed E-state index contributed by atoms with van der Waals surface area (Å²) in [7, 11) is 0. The van der Waals surface area contributed by atoms with Gasteiger partial charge >= 0.3 is 0 Å². The van der Waals surface area contributed by atoms with Crippen molar-refractivity contribution in [2.45, 2.75) is 32.7 Å². The summed E-state index contributed by atoms with van der Waals surface area (Å²) in [6.07, 6.45) is 2.51. The Hall–Kier alpha value is -1.79. The van der Waals surface area contributed by atoms with Crippen LogP contribution in [0.3, 0.4) is 0 Å². The first-order valence-corrected chi connectivity index (χ1v) is 7.80. The summed E-state index contributed by atoms with van der Waals surface area (Å²) >= 11 is 1.66. The Morgan fingerprint density at radius 3 is 3.00 bits per heavy atom. The van der Waals surface area contributed by atoms with E-state index in [1.165, 1.54) is 0 Å². The van der Waals surface area contributed by atoms with Crippen molar-refractivity contribution in [3.63, 3.8) is 0 Å². The van der Waals surface area contributed by atoms with Gasteiger partial charge in [0, 0.05) is 30.3 Å². The lowest BCUT2D eigenvalue weighted by molar-refractivity contribution is 0.362. The standard InChI is InChI=1S/C15H18N4OS/c1-15(2,3)17-6-4-13-18-14(19-20-13)10-8-12-11(16-9-10)5-7-21-12/h5,7-9,17H,4,6H2,1-3H3. The molecule has 0 aliphatic rings. The molecule has 0 radical (unpaired) electrons. The van der Waals surface area contributed by atoms with E-state index in [0.717, 1.165) is 28.7 Å². The highest BCUT2D eigenvalue weighted by atomic mass is 32.1. The van der Waals surface area contributed by atoms with Gasteiger partial charge in [0.2, 0.25) is 11.7 Å². The van der Waals surface area contributed by atoms with Gasteiger partial charge in [0.1, 0.15) is 0 Å². The predicted octanol–water partition coefficient (Wildman–Crippen LogP) is 3.28. The predicted molar refractivity (Wildman–Crippen MR) is 84.4 cm³/mol. The van der Waals surface area contributed by atoms with Crippen molar-refractivity contribution in [3.8, 4) is 11.4 Å². The molecule has 110 valence electrons. The van der Waals surface area contributed by atoms with Gasteiger partial charge in [-0.15, -0.1) is 11.3 Å². The van der Waals surface area contributed by atoms with E-state index in [9.17, 15) is 0 Å². The highest BCUT2D eigenvalue weighted by Crippen LogP contribution is 2.24. The van der Waals surface area contributed by atoms with Crippen molar-refractivity contribution in [3.05, 3.63) is 29.6 Å². The molecule has 0 saturated carbocycles. The first kappa shape index (κ1) is 14.2. The van der Waals surface area contributed by atoms with E-state index < -0.39 is 0 Å². The number of hydrogen-bond donors (Lipinski definition) is 1. The third kappa shape index (κ3) is 3.46. The van der Waals surface area contributed by atoms with Crippen molar-refractivity contribution in [2.24, 2.45) is 0 Å². The molecular formula is C15H18N4OS. The van der Waals surface area contributed by atoms with Gasteiger partial charge in [0.15, 0.2) is 0 Å². The molecule has 3 aromatic heterocycles. The number of nitrogens with one attached hydrogen (secondary N) is 1. The second kappa shape index (κ2) is 5.54. The Morgan fingerprint density at radius 2 is 2.19 bits per heavy atom. The van der Waals surface area contributed by atoms with E-state index in [4.69, 9.17) is 4.52 Å². The van der Waals surface area contributed by atoms with Crippen LogP contribution < -0.4 is 5.32 Å². The average molecular weight is 302 g/mol. The minimum atomic E-state index is 0.0942. The molecule has 0 amide bonds. The fourth-order valence-corrected chi connectivity index (χ4v) is 2.77. The van der Waals surface area contributed by atoms with E-state index in [2.05, 4.69) is 47.3 Å². The molecule has 0 aliphatic heterocycles. The van der Waals surface area contributed by atoms with Crippen molar-refractivity contribution in [1.29, 1.82) is 0 Å². The summed E-state index contributed by atoms with van der Waals surface area (Å²) in [5.74, 6) is 1.25. The summed E-state index contributed by atoms with van der Waals surface area (Å²) in [6.45, 7) is 7.21. The maximum atomic E-state index is 5.30. The van der Waals surface area contributed by atoms with Crippen LogP contribution in [0.1, 0.15) is 26.7 Å². The lowest BCUT2D eigenvalue weighted by Crippen LogP contribution is -2.37. The van der Waals surface area contributed by atoms with Crippen LogP contribution in [0.25, 0.3) is 21.6 Å². The molecule has 21 heavy (non-hydrogen) atoms. The van der Waals surface area contributed by atoms with Gasteiger partial charge in [-0.2, -0.15) is 4.98 Å². The zero-order valence-corrected chi connectivity index (χ0v) is 13.2. The van der Waals surface area contributed by atoms with E-state index >= 15 is 0 Å². The zero-order valence-electron chi connectivity index (χ0n) is 12.4. The maximum Gasteiger partial charge on any atom is 0.228 e. The third-order valence-electron chi connectivity index (χ3n) is 3.02. The maximum absolute atomic E-state index is 5.30. The van der Waals surface area contributed by atoms with Crippen molar-refractivity contribution in [1.82, 2.24) is 20.4 Å². The van der Waals surface area contributed by atoms with E-state index in [-0.39, 0.29) is 5.54 Å². The topological polar surface area (TPSA) is 63.8 Å². The van der Waals surface area contributed by atoms with Gasteiger partial charge in [-0.05, 0) is 38.3 Å². The van der Waals surface area contributed by atoms with Crippen molar-refractivity contribution < 1.29 is 4.52 Å². The van der Waals surface area contributed by atoms with Crippen LogP contribution in [0, 0.1) is 0 Å². The fourth-order valence-electron chi connectivity index (χ4n) is 1.99. The van der Waals surface area contributed by atoms with Crippen LogP contribution in [-0.2, 0) is 6.42 Å². The fraction of sp³-hybridized carbons (Fsp3) is 0.400. The molecule has 0 fully saturated rings. The lowest BCUT2D eigenvalue weighted by atomic mass is 10.1. The number of hydrogen-bond acceptors (Lipinski definition) is 6. The first-order valence-electron chi connectivity index (χ1n) is 6.92. The van der Waals surface area contributed by atoms with Gasteiger partial charge in [0.25, 0.3) is 0 Å². The molecule has 0 aliphatic carbocycles. The molecule has 0 spiro atoms. The van der Waals surface area contributed by atoms with Crippen LogP contribution in [-0.4, -0.2) is 27.2 Å². The Labute approximate surface area is 127 Å². The largest absolute Gasteiger partial charge is 0.339 e. The number of rotatable bonds is 4. The summed E-state index contributed by atoms with van der Waals surface area (Å²) < 4.78 is 6.43. The average Bonchev–Trinajstić information content (AvgIpc) is 3.04. The molecule has 3 heterocycles. The van der Waals surface area contributed by atoms with Crippen LogP contribution in [0.15, 0.2) is 28.2 Å². The first-order chi connectivity index (χ1) is 10.0. The minimum Gasteiger partial charge on any atom is -0.339 e. The highest BCUT2D eigenvalue weighted by molar-refractivity contribution is 7.17. The minimum absolute atomic E-state index is 0.0942. The molecule has 0 saturated heterocycles. The Balaban J connectivity index is 1.72. The summed E-state index contributed by atoms with van der Waals surface area (Å²) in [5, 5.41) is 9.47. The zero-order chi connectivity index (χ0) is 14.9. The Morgan fingerprint density at radius 1 is 1.33 bits per heavy atom. The van der Waals surface area contributed by atoms with E-state index in [0.29, 0.717) is 11.7 Å². The molecule has 3 aromatic rings. The van der Waals surface area contributed by atoms with Gasteiger partial charge < -0.3 is 9.84 Å². The van der Waals surface area contributed by atoms with Gasteiger partial charge in [-0.1, -0.05) is 5.16 Å². The normalized spacial score (nSPS) is 12.1. The van der Waals surface area contributed by atoms with Gasteiger partial charge in [0.05, 0.1) is 10.2 Å². The second-order valence-corrected chi connectivity index (χ2v) is 6.91. The smallest absolute Gasteiger partial charge is 0.228 e. The summed E-state index contributed by atoms with van der Waals surface area (Å²) in [4.78, 5) is 8.84. The van der Waals surface area contributed by atoms with Crippen molar-refractivity contribution >= 4 is 21.6 Å². The SMILES string of the molecule is CC(C)(C)NCCc1nc(-c2cnc3ccsc3c2)no1. The van der Waals surface area contributed by atoms with Crippen LogP contribution >= 0.6 is 11.3 Å². The molecule has 1 N–H and O–H groups in total. The van der Waals surface area contributed by atoms with Crippen LogP contribution in [0.5, 0.6) is 0 Å². The number of pyridine rings is 1. The Kier molecular flexibility index (Phi) is 3.73. The van der Waals surface area contributed by atoms with E-state index in [1.54, 1.807) is 17.5 Å². The van der Waals surface area contributed by atoms with Crippen molar-refractivity contribution in [2.75, 3.05) is 6.54 Å². The lowest BCUT2D eigenvalue weighted by Gasteiger charge is -2.19. The van der Waals surface area contributed by atoms with Crippen LogP contribution in [0.4, 0.5) is 0 Å². The molecule has 6 heteroatoms. The number of nitrogens with zero attached hydrogens (tertiary/aromatic N) is 3. The molecule has 0 aromatic carbocycles. The number of thiophene rings is 1. The second-order valence-electron chi connectivity index (χ2n) is 5.97. The molecule has 0 atom stereocenters. The molecule has 0 unspecified atom stereocenters. The third-order valence-corrected chi connectivity index (χ3v) is 3.88. The number of fused-ring (bicyclic) bond motifs is 1. The molecule has 3 rings (SSSR count). The molecular weight excluding hydrogens is 284 g/mol. The van der Waals surface area contributed by atoms with Crippen LogP contribution in [0.2, 0.25) is 0 Å². The molecule has 5 nitrogen and oxygen atoms in total. The number of aromatic nitrogens is 3. The summed E-state index contributed by atoms with van der Waals surface area (Å²) in [6, 6.07) is 4.05. The monoisotopic (exact) mass is 302 g/mol. The van der Waals surface area contributed by atoms with Gasteiger partial charge in [-0.25, -0.2) is 0 Å². The highest BCUT2D eigenvalue weighted by Gasteiger charge is 2.12. The Bertz CT molecular complexity index is 741. The van der Waals surface area contributed by atoms with Gasteiger partial charge in [-0.3, -0.25) is 4.98 Å². The quantitative estimate of drug-likeness (QED) is 0.801. The summed E-state index contributed by atoms with van der Waals surface area (Å²) in [5.41, 5.74) is 1.99. The molecule has 0 bridgehead atoms.